The second-order valence-electron chi connectivity index (χ2n) is 8.37. The van der Waals surface area contributed by atoms with Crippen molar-refractivity contribution in [3.8, 4) is 11.3 Å². The van der Waals surface area contributed by atoms with Gasteiger partial charge in [0.05, 0.1) is 27.8 Å². The molecule has 37 heavy (non-hydrogen) atoms. The van der Waals surface area contributed by atoms with Gasteiger partial charge >= 0.3 is 0 Å². The summed E-state index contributed by atoms with van der Waals surface area (Å²) in [6.07, 6.45) is -1.12. The molecule has 0 saturated heterocycles. The van der Waals surface area contributed by atoms with Crippen molar-refractivity contribution in [2.45, 2.75) is 26.4 Å². The number of rotatable bonds is 7. The van der Waals surface area contributed by atoms with Gasteiger partial charge in [0.2, 0.25) is 5.91 Å². The van der Waals surface area contributed by atoms with E-state index in [0.717, 1.165) is 0 Å². The highest BCUT2D eigenvalue weighted by molar-refractivity contribution is 9.10. The molecular weight excluding hydrogens is 549 g/mol. The van der Waals surface area contributed by atoms with Crippen LogP contribution >= 0.6 is 15.9 Å². The third-order valence-corrected chi connectivity index (χ3v) is 6.35. The van der Waals surface area contributed by atoms with E-state index in [0.29, 0.717) is 27.0 Å². The van der Waals surface area contributed by atoms with Crippen LogP contribution < -0.4 is 5.32 Å². The van der Waals surface area contributed by atoms with Crippen LogP contribution in [0.25, 0.3) is 22.3 Å². The predicted molar refractivity (Wildman–Crippen MR) is 137 cm³/mol. The zero-order valence-electron chi connectivity index (χ0n) is 19.5. The molecule has 0 aliphatic rings. The first-order valence-electron chi connectivity index (χ1n) is 11.3. The number of carbonyl (C=O) groups is 1. The first-order valence-corrected chi connectivity index (χ1v) is 12.1. The molecule has 0 aliphatic heterocycles. The molecule has 3 heterocycles. The summed E-state index contributed by atoms with van der Waals surface area (Å²) in [4.78, 5) is 17.5. The van der Waals surface area contributed by atoms with E-state index in [4.69, 9.17) is 0 Å². The minimum atomic E-state index is -2.74. The Morgan fingerprint density at radius 1 is 1.08 bits per heavy atom. The lowest BCUT2D eigenvalue weighted by Gasteiger charge is -2.09. The Morgan fingerprint density at radius 3 is 2.54 bits per heavy atom. The van der Waals surface area contributed by atoms with E-state index < -0.39 is 12.3 Å². The molecule has 1 N–H and O–H groups in total. The van der Waals surface area contributed by atoms with Crippen LogP contribution in [-0.4, -0.2) is 30.5 Å². The maximum atomic E-state index is 14.0. The number of carbonyl (C=O) groups excluding carboxylic acids is 1. The number of fused-ring (bicyclic) bond motifs is 1. The van der Waals surface area contributed by atoms with Crippen LogP contribution in [0.3, 0.4) is 0 Å². The molecule has 0 fully saturated rings. The lowest BCUT2D eigenvalue weighted by Crippen LogP contribution is -2.20. The molecule has 3 aromatic heterocycles. The topological polar surface area (TPSA) is 77.6 Å². The number of benzene rings is 2. The van der Waals surface area contributed by atoms with Crippen molar-refractivity contribution in [2.24, 2.45) is 0 Å². The van der Waals surface area contributed by atoms with Gasteiger partial charge in [0.15, 0.2) is 11.5 Å². The monoisotopic (exact) mass is 568 g/mol. The molecule has 0 radical (unpaired) electrons. The second-order valence-corrected chi connectivity index (χ2v) is 9.22. The second kappa shape index (κ2) is 10.2. The van der Waals surface area contributed by atoms with Crippen molar-refractivity contribution in [2.75, 3.05) is 5.32 Å². The number of alkyl halides is 2. The highest BCUT2D eigenvalue weighted by Crippen LogP contribution is 2.33. The molecule has 7 nitrogen and oxygen atoms in total. The van der Waals surface area contributed by atoms with E-state index in [1.165, 1.54) is 21.5 Å². The SMILES string of the molecule is Cc1nn(CC(=O)Nc2nn(Cc3ccccc3F)cc2Br)c2nc(-c3ccccc3)cc(C(F)F)c12. The molecular formula is C26H20BrF3N6O. The van der Waals surface area contributed by atoms with Gasteiger partial charge in [0.1, 0.15) is 12.4 Å². The number of pyridine rings is 1. The van der Waals surface area contributed by atoms with Crippen LogP contribution in [0.2, 0.25) is 0 Å². The number of nitrogens with one attached hydrogen (secondary N) is 1. The predicted octanol–water partition coefficient (Wildman–Crippen LogP) is 6.13. The molecule has 2 aromatic carbocycles. The Balaban J connectivity index is 1.42. The summed E-state index contributed by atoms with van der Waals surface area (Å²) < 4.78 is 45.3. The number of aryl methyl sites for hydroxylation is 1. The first-order chi connectivity index (χ1) is 17.8. The summed E-state index contributed by atoms with van der Waals surface area (Å²) in [7, 11) is 0. The van der Waals surface area contributed by atoms with Crippen LogP contribution in [0.15, 0.2) is 71.3 Å². The normalized spacial score (nSPS) is 11.4. The lowest BCUT2D eigenvalue weighted by atomic mass is 10.1. The Bertz CT molecular complexity index is 1600. The molecule has 0 aliphatic carbocycles. The molecule has 0 spiro atoms. The van der Waals surface area contributed by atoms with Gasteiger partial charge < -0.3 is 5.32 Å². The smallest absolute Gasteiger partial charge is 0.264 e. The molecule has 0 bridgehead atoms. The van der Waals surface area contributed by atoms with Crippen LogP contribution in [0.1, 0.15) is 23.2 Å². The summed E-state index contributed by atoms with van der Waals surface area (Å²) in [6, 6.07) is 16.7. The van der Waals surface area contributed by atoms with Crippen LogP contribution in [0, 0.1) is 12.7 Å². The summed E-state index contributed by atoms with van der Waals surface area (Å²) in [5, 5.41) is 11.5. The van der Waals surface area contributed by atoms with Crippen LogP contribution in [0.4, 0.5) is 19.0 Å². The number of hydrogen-bond acceptors (Lipinski definition) is 4. The van der Waals surface area contributed by atoms with Gasteiger partial charge in [0, 0.05) is 22.9 Å². The van der Waals surface area contributed by atoms with Gasteiger partial charge in [-0.15, -0.1) is 0 Å². The first kappa shape index (κ1) is 24.7. The van der Waals surface area contributed by atoms with E-state index in [-0.39, 0.29) is 41.3 Å². The summed E-state index contributed by atoms with van der Waals surface area (Å²) in [6.45, 7) is 1.51. The maximum absolute atomic E-state index is 14.0. The number of anilines is 1. The van der Waals surface area contributed by atoms with Crippen molar-refractivity contribution >= 4 is 38.7 Å². The number of aromatic nitrogens is 5. The number of amides is 1. The minimum absolute atomic E-state index is 0.173. The Hall–Kier alpha value is -3.99. The van der Waals surface area contributed by atoms with Gasteiger partial charge in [-0.25, -0.2) is 22.8 Å². The average molecular weight is 569 g/mol. The number of hydrogen-bond donors (Lipinski definition) is 1. The average Bonchev–Trinajstić information content (AvgIpc) is 3.38. The maximum Gasteiger partial charge on any atom is 0.264 e. The highest BCUT2D eigenvalue weighted by atomic mass is 79.9. The molecule has 0 saturated carbocycles. The fourth-order valence-electron chi connectivity index (χ4n) is 4.10. The molecule has 188 valence electrons. The van der Waals surface area contributed by atoms with E-state index in [9.17, 15) is 18.0 Å². The molecule has 0 atom stereocenters. The molecule has 11 heteroatoms. The van der Waals surface area contributed by atoms with Gasteiger partial charge in [0.25, 0.3) is 6.43 Å². The summed E-state index contributed by atoms with van der Waals surface area (Å²) in [5.74, 6) is -0.598. The van der Waals surface area contributed by atoms with Gasteiger partial charge in [-0.1, -0.05) is 48.5 Å². The third kappa shape index (κ3) is 5.12. The van der Waals surface area contributed by atoms with Crippen molar-refractivity contribution in [3.63, 3.8) is 0 Å². The van der Waals surface area contributed by atoms with E-state index >= 15 is 0 Å². The summed E-state index contributed by atoms with van der Waals surface area (Å²) >= 11 is 3.36. The minimum Gasteiger partial charge on any atom is -0.307 e. The number of halogens is 4. The van der Waals surface area contributed by atoms with Crippen molar-refractivity contribution in [3.05, 3.63) is 94.0 Å². The lowest BCUT2D eigenvalue weighted by molar-refractivity contribution is -0.116. The van der Waals surface area contributed by atoms with Crippen LogP contribution in [0.5, 0.6) is 0 Å². The standard InChI is InChI=1S/C26H20BrF3N6O/c1-15-23-18(24(29)30)11-21(16-7-3-2-4-8-16)31-26(23)36(33-15)14-22(37)32-25-19(27)13-35(34-25)12-17-9-5-6-10-20(17)28/h2-11,13,24H,12,14H2,1H3,(H,32,34,37). The molecule has 0 unspecified atom stereocenters. The van der Waals surface area contributed by atoms with E-state index in [1.807, 2.05) is 6.07 Å². The van der Waals surface area contributed by atoms with Gasteiger partial charge in [-0.05, 0) is 35.0 Å². The quantitative estimate of drug-likeness (QED) is 0.256. The van der Waals surface area contributed by atoms with Crippen molar-refractivity contribution < 1.29 is 18.0 Å². The highest BCUT2D eigenvalue weighted by Gasteiger charge is 2.22. The zero-order valence-corrected chi connectivity index (χ0v) is 21.1. The fourth-order valence-corrected chi connectivity index (χ4v) is 4.51. The molecule has 1 amide bonds. The Kier molecular flexibility index (Phi) is 6.79. The van der Waals surface area contributed by atoms with E-state index in [1.54, 1.807) is 55.6 Å². The van der Waals surface area contributed by atoms with Crippen molar-refractivity contribution in [1.82, 2.24) is 24.5 Å². The largest absolute Gasteiger partial charge is 0.307 e. The van der Waals surface area contributed by atoms with E-state index in [2.05, 4.69) is 36.4 Å². The zero-order chi connectivity index (χ0) is 26.1. The Morgan fingerprint density at radius 2 is 1.81 bits per heavy atom. The summed E-state index contributed by atoms with van der Waals surface area (Å²) in [5.41, 5.74) is 1.82. The van der Waals surface area contributed by atoms with Crippen LogP contribution in [-0.2, 0) is 17.9 Å². The number of nitrogens with zero attached hydrogens (tertiary/aromatic N) is 5. The van der Waals surface area contributed by atoms with Crippen molar-refractivity contribution in [1.29, 1.82) is 0 Å². The Labute approximate surface area is 218 Å². The third-order valence-electron chi connectivity index (χ3n) is 5.77. The van der Waals surface area contributed by atoms with Gasteiger partial charge in [-0.3, -0.25) is 9.48 Å². The molecule has 5 aromatic rings. The molecule has 5 rings (SSSR count). The fraction of sp³-hybridized carbons (Fsp3) is 0.154. The van der Waals surface area contributed by atoms with Gasteiger partial charge in [-0.2, -0.15) is 10.2 Å².